The molecule has 1 saturated heterocycles. The van der Waals surface area contributed by atoms with Gasteiger partial charge in [-0.05, 0) is 57.1 Å². The molecule has 0 radical (unpaired) electrons. The van der Waals surface area contributed by atoms with Crippen LogP contribution in [0.15, 0.2) is 18.2 Å². The highest BCUT2D eigenvalue weighted by Gasteiger charge is 2.23. The minimum atomic E-state index is 0.588. The van der Waals surface area contributed by atoms with Crippen molar-refractivity contribution < 1.29 is 0 Å². The van der Waals surface area contributed by atoms with Gasteiger partial charge in [-0.25, -0.2) is 0 Å². The largest absolute Gasteiger partial charge is 0.369 e. The van der Waals surface area contributed by atoms with Gasteiger partial charge in [-0.1, -0.05) is 6.07 Å². The van der Waals surface area contributed by atoms with Crippen molar-refractivity contribution in [2.45, 2.75) is 26.3 Å². The van der Waals surface area contributed by atoms with Crippen molar-refractivity contribution >= 4 is 5.69 Å². The van der Waals surface area contributed by atoms with Gasteiger partial charge >= 0.3 is 0 Å². The fourth-order valence-corrected chi connectivity index (χ4v) is 2.82. The average Bonchev–Trinajstić information content (AvgIpc) is 2.31. The van der Waals surface area contributed by atoms with Crippen molar-refractivity contribution in [2.75, 3.05) is 38.1 Å². The summed E-state index contributed by atoms with van der Waals surface area (Å²) in [6.45, 7) is 8.44. The van der Waals surface area contributed by atoms with E-state index in [-0.39, 0.29) is 0 Å². The second-order valence-electron chi connectivity index (χ2n) is 5.50. The van der Waals surface area contributed by atoms with Gasteiger partial charge in [0.05, 0.1) is 0 Å². The van der Waals surface area contributed by atoms with Crippen molar-refractivity contribution in [3.05, 3.63) is 29.3 Å². The van der Waals surface area contributed by atoms with Gasteiger partial charge in [0.15, 0.2) is 0 Å². The predicted molar refractivity (Wildman–Crippen MR) is 78.2 cm³/mol. The van der Waals surface area contributed by atoms with Gasteiger partial charge in [0.2, 0.25) is 0 Å². The maximum atomic E-state index is 5.71. The Bertz CT molecular complexity index is 382. The third-order valence-electron chi connectivity index (χ3n) is 3.85. The Morgan fingerprint density at radius 3 is 2.44 bits per heavy atom. The van der Waals surface area contributed by atoms with Crippen LogP contribution in [0.4, 0.5) is 5.69 Å². The highest BCUT2D eigenvalue weighted by molar-refractivity contribution is 5.51. The second kappa shape index (κ2) is 5.72. The number of aryl methyl sites for hydroxylation is 2. The molecule has 0 bridgehead atoms. The zero-order valence-electron chi connectivity index (χ0n) is 11.8. The molecule has 0 aromatic heterocycles. The van der Waals surface area contributed by atoms with Crippen molar-refractivity contribution in [3.63, 3.8) is 0 Å². The van der Waals surface area contributed by atoms with Crippen LogP contribution in [0.25, 0.3) is 0 Å². The van der Waals surface area contributed by atoms with E-state index in [1.54, 1.807) is 0 Å². The van der Waals surface area contributed by atoms with Crippen molar-refractivity contribution in [1.82, 2.24) is 4.90 Å². The molecule has 2 N–H and O–H groups in total. The Morgan fingerprint density at radius 2 is 1.83 bits per heavy atom. The summed E-state index contributed by atoms with van der Waals surface area (Å²) in [6.07, 6.45) is 1.08. The smallest absolute Gasteiger partial charge is 0.0372 e. The fraction of sp³-hybridized carbons (Fsp3) is 0.600. The number of nitrogens with zero attached hydrogens (tertiary/aromatic N) is 2. The molecule has 1 fully saturated rings. The lowest BCUT2D eigenvalue weighted by atomic mass is 10.1. The van der Waals surface area contributed by atoms with Gasteiger partial charge in [-0.3, -0.25) is 4.90 Å². The third-order valence-corrected chi connectivity index (χ3v) is 3.85. The lowest BCUT2D eigenvalue weighted by Gasteiger charge is -2.40. The first-order valence-electron chi connectivity index (χ1n) is 6.83. The number of piperazine rings is 1. The molecule has 3 heteroatoms. The first kappa shape index (κ1) is 13.4. The maximum Gasteiger partial charge on any atom is 0.0372 e. The first-order valence-corrected chi connectivity index (χ1v) is 6.83. The van der Waals surface area contributed by atoms with E-state index in [1.807, 2.05) is 0 Å². The van der Waals surface area contributed by atoms with Crippen LogP contribution in [-0.4, -0.2) is 44.2 Å². The van der Waals surface area contributed by atoms with Crippen molar-refractivity contribution in [2.24, 2.45) is 5.73 Å². The van der Waals surface area contributed by atoms with Gasteiger partial charge < -0.3 is 10.6 Å². The third kappa shape index (κ3) is 3.03. The van der Waals surface area contributed by atoms with Gasteiger partial charge in [-0.15, -0.1) is 0 Å². The van der Waals surface area contributed by atoms with E-state index < -0.39 is 0 Å². The number of anilines is 1. The van der Waals surface area contributed by atoms with Gasteiger partial charge in [-0.2, -0.15) is 0 Å². The monoisotopic (exact) mass is 247 g/mol. The normalized spacial score (nSPS) is 21.3. The summed E-state index contributed by atoms with van der Waals surface area (Å²) in [5.41, 5.74) is 9.77. The van der Waals surface area contributed by atoms with E-state index in [0.29, 0.717) is 6.04 Å². The Kier molecular flexibility index (Phi) is 4.25. The molecule has 1 atom stereocenters. The first-order chi connectivity index (χ1) is 8.60. The number of likely N-dealkylation sites (N-methyl/N-ethyl adjacent to an activating group) is 1. The molecule has 1 aliphatic heterocycles. The Balaban J connectivity index is 2.13. The van der Waals surface area contributed by atoms with Crippen LogP contribution in [0.2, 0.25) is 0 Å². The van der Waals surface area contributed by atoms with E-state index >= 15 is 0 Å². The minimum Gasteiger partial charge on any atom is -0.369 e. The molecule has 1 unspecified atom stereocenters. The quantitative estimate of drug-likeness (QED) is 0.883. The number of nitrogens with two attached hydrogens (primary N) is 1. The van der Waals surface area contributed by atoms with Crippen LogP contribution in [0.1, 0.15) is 17.5 Å². The van der Waals surface area contributed by atoms with Gasteiger partial charge in [0.1, 0.15) is 0 Å². The van der Waals surface area contributed by atoms with Crippen molar-refractivity contribution in [1.29, 1.82) is 0 Å². The summed E-state index contributed by atoms with van der Waals surface area (Å²) < 4.78 is 0. The molecular weight excluding hydrogens is 222 g/mol. The van der Waals surface area contributed by atoms with Crippen LogP contribution in [0, 0.1) is 13.8 Å². The summed E-state index contributed by atoms with van der Waals surface area (Å²) in [4.78, 5) is 4.94. The Labute approximate surface area is 111 Å². The predicted octanol–water partition coefficient (Wildman–Crippen LogP) is 1.77. The number of hydrogen-bond acceptors (Lipinski definition) is 3. The molecule has 1 aliphatic rings. The van der Waals surface area contributed by atoms with Gasteiger partial charge in [0, 0.05) is 31.4 Å². The lowest BCUT2D eigenvalue weighted by Crippen LogP contribution is -2.52. The Hall–Kier alpha value is -1.06. The minimum absolute atomic E-state index is 0.588. The molecule has 0 saturated carbocycles. The topological polar surface area (TPSA) is 32.5 Å². The van der Waals surface area contributed by atoms with Crippen LogP contribution in [0.5, 0.6) is 0 Å². The number of rotatable bonds is 3. The highest BCUT2D eigenvalue weighted by atomic mass is 15.3. The number of benzene rings is 1. The van der Waals surface area contributed by atoms with Gasteiger partial charge in [0.25, 0.3) is 0 Å². The van der Waals surface area contributed by atoms with E-state index in [0.717, 1.165) is 32.6 Å². The van der Waals surface area contributed by atoms with Crippen molar-refractivity contribution in [3.8, 4) is 0 Å². The zero-order valence-corrected chi connectivity index (χ0v) is 11.8. The number of hydrogen-bond donors (Lipinski definition) is 1. The Morgan fingerprint density at radius 1 is 1.17 bits per heavy atom. The SMILES string of the molecule is Cc1cc(C)cc(N2CCN(C)C(CCN)C2)c1. The van der Waals surface area contributed by atoms with Crippen LogP contribution in [0.3, 0.4) is 0 Å². The maximum absolute atomic E-state index is 5.71. The van der Waals surface area contributed by atoms with E-state index in [4.69, 9.17) is 5.73 Å². The molecule has 3 nitrogen and oxygen atoms in total. The summed E-state index contributed by atoms with van der Waals surface area (Å²) in [6, 6.07) is 7.40. The standard InChI is InChI=1S/C15H25N3/c1-12-8-13(2)10-15(9-12)18-7-6-17(3)14(11-18)4-5-16/h8-10,14H,4-7,11,16H2,1-3H3. The molecule has 18 heavy (non-hydrogen) atoms. The summed E-state index contributed by atoms with van der Waals surface area (Å²) in [7, 11) is 2.21. The fourth-order valence-electron chi connectivity index (χ4n) is 2.82. The second-order valence-corrected chi connectivity index (χ2v) is 5.50. The molecule has 0 amide bonds. The van der Waals surface area contributed by atoms with Crippen LogP contribution < -0.4 is 10.6 Å². The zero-order chi connectivity index (χ0) is 13.1. The average molecular weight is 247 g/mol. The molecule has 1 heterocycles. The summed E-state index contributed by atoms with van der Waals surface area (Å²) in [5, 5.41) is 0. The summed E-state index contributed by atoms with van der Waals surface area (Å²) in [5.74, 6) is 0. The van der Waals surface area contributed by atoms with E-state index in [1.165, 1.54) is 16.8 Å². The van der Waals surface area contributed by atoms with Crippen LogP contribution >= 0.6 is 0 Å². The summed E-state index contributed by atoms with van der Waals surface area (Å²) >= 11 is 0. The van der Waals surface area contributed by atoms with E-state index in [9.17, 15) is 0 Å². The molecule has 1 aromatic carbocycles. The molecule has 0 spiro atoms. The highest BCUT2D eigenvalue weighted by Crippen LogP contribution is 2.22. The van der Waals surface area contributed by atoms with E-state index in [2.05, 4.69) is 48.9 Å². The molecular formula is C15H25N3. The van der Waals surface area contributed by atoms with Crippen LogP contribution in [-0.2, 0) is 0 Å². The molecule has 100 valence electrons. The molecule has 0 aliphatic carbocycles. The lowest BCUT2D eigenvalue weighted by molar-refractivity contribution is 0.210. The molecule has 1 aromatic rings. The molecule has 2 rings (SSSR count).